The molecule has 3 aromatic carbocycles. The maximum Gasteiger partial charge on any atom is 0.410 e. The third-order valence-electron chi connectivity index (χ3n) is 4.25. The lowest BCUT2D eigenvalue weighted by atomic mass is 9.98. The molecule has 138 valence electrons. The lowest BCUT2D eigenvalue weighted by Crippen LogP contribution is -2.32. The lowest BCUT2D eigenvalue weighted by molar-refractivity contribution is 0.0961. The lowest BCUT2D eigenvalue weighted by Gasteiger charge is -2.28. The van der Waals surface area contributed by atoms with Crippen LogP contribution in [0.25, 0.3) is 0 Å². The molecule has 0 bridgehead atoms. The zero-order valence-corrected chi connectivity index (χ0v) is 17.2. The van der Waals surface area contributed by atoms with E-state index in [1.807, 2.05) is 78.9 Å². The SMILES string of the molecule is CN(C(=O)OCc1ccccc1)C(c1ccc(Cl)cc1)c1ccc(Br)cc1. The quantitative estimate of drug-likeness (QED) is 0.452. The van der Waals surface area contributed by atoms with E-state index in [-0.39, 0.29) is 18.7 Å². The molecule has 0 aliphatic heterocycles. The number of carbonyl (C=O) groups excluding carboxylic acids is 1. The Morgan fingerprint density at radius 3 is 2.11 bits per heavy atom. The van der Waals surface area contributed by atoms with Crippen molar-refractivity contribution in [3.63, 3.8) is 0 Å². The molecular weight excluding hydrogens is 426 g/mol. The summed E-state index contributed by atoms with van der Waals surface area (Å²) in [5, 5.41) is 0.655. The van der Waals surface area contributed by atoms with Crippen LogP contribution in [0.5, 0.6) is 0 Å². The summed E-state index contributed by atoms with van der Waals surface area (Å²) in [5.74, 6) is 0. The molecule has 0 heterocycles. The van der Waals surface area contributed by atoms with Crippen LogP contribution in [-0.4, -0.2) is 18.0 Å². The Kier molecular flexibility index (Phi) is 6.54. The summed E-state index contributed by atoms with van der Waals surface area (Å²) < 4.78 is 6.49. The molecule has 0 N–H and O–H groups in total. The molecule has 1 atom stereocenters. The molecule has 0 saturated carbocycles. The van der Waals surface area contributed by atoms with Gasteiger partial charge in [0, 0.05) is 16.5 Å². The fraction of sp³-hybridized carbons (Fsp3) is 0.136. The molecule has 0 radical (unpaired) electrons. The summed E-state index contributed by atoms with van der Waals surface area (Å²) in [6, 6.07) is 24.8. The molecule has 3 nitrogen and oxygen atoms in total. The molecule has 0 fully saturated rings. The maximum absolute atomic E-state index is 12.7. The topological polar surface area (TPSA) is 29.5 Å². The third kappa shape index (κ3) is 5.12. The summed E-state index contributed by atoms with van der Waals surface area (Å²) >= 11 is 9.49. The van der Waals surface area contributed by atoms with E-state index in [4.69, 9.17) is 16.3 Å². The summed E-state index contributed by atoms with van der Waals surface area (Å²) in [7, 11) is 1.74. The first kappa shape index (κ1) is 19.5. The van der Waals surface area contributed by atoms with Gasteiger partial charge in [-0.3, -0.25) is 0 Å². The zero-order valence-electron chi connectivity index (χ0n) is 14.8. The number of carbonyl (C=O) groups is 1. The highest BCUT2D eigenvalue weighted by Gasteiger charge is 2.24. The second-order valence-electron chi connectivity index (χ2n) is 6.16. The average Bonchev–Trinajstić information content (AvgIpc) is 2.70. The highest BCUT2D eigenvalue weighted by Crippen LogP contribution is 2.30. The van der Waals surface area contributed by atoms with E-state index in [0.717, 1.165) is 21.2 Å². The fourth-order valence-electron chi connectivity index (χ4n) is 2.86. The standard InChI is InChI=1S/C22H19BrClNO2/c1-25(22(26)27-15-16-5-3-2-4-6-16)21(17-7-11-19(23)12-8-17)18-9-13-20(24)14-10-18/h2-14,21H,15H2,1H3. The Bertz CT molecular complexity index is 837. The highest BCUT2D eigenvalue weighted by atomic mass is 79.9. The minimum atomic E-state index is -0.387. The van der Waals surface area contributed by atoms with Crippen LogP contribution in [0.3, 0.4) is 0 Å². The predicted octanol–water partition coefficient (Wildman–Crippen LogP) is 6.46. The molecule has 3 aromatic rings. The zero-order chi connectivity index (χ0) is 19.2. The van der Waals surface area contributed by atoms with E-state index in [9.17, 15) is 4.79 Å². The van der Waals surface area contributed by atoms with Crippen molar-refractivity contribution in [3.8, 4) is 0 Å². The number of hydrogen-bond donors (Lipinski definition) is 0. The Balaban J connectivity index is 1.83. The molecule has 1 amide bonds. The summed E-state index contributed by atoms with van der Waals surface area (Å²) in [4.78, 5) is 14.3. The van der Waals surface area contributed by atoms with Crippen molar-refractivity contribution in [2.75, 3.05) is 7.05 Å². The van der Waals surface area contributed by atoms with Gasteiger partial charge in [0.1, 0.15) is 6.61 Å². The fourth-order valence-corrected chi connectivity index (χ4v) is 3.25. The van der Waals surface area contributed by atoms with E-state index in [1.54, 1.807) is 11.9 Å². The van der Waals surface area contributed by atoms with Gasteiger partial charge >= 0.3 is 6.09 Å². The monoisotopic (exact) mass is 443 g/mol. The van der Waals surface area contributed by atoms with E-state index in [2.05, 4.69) is 15.9 Å². The smallest absolute Gasteiger partial charge is 0.410 e. The summed E-state index contributed by atoms with van der Waals surface area (Å²) in [6.07, 6.45) is -0.387. The second-order valence-corrected chi connectivity index (χ2v) is 7.51. The minimum absolute atomic E-state index is 0.234. The van der Waals surface area contributed by atoms with Crippen LogP contribution in [-0.2, 0) is 11.3 Å². The minimum Gasteiger partial charge on any atom is -0.445 e. The first-order valence-electron chi connectivity index (χ1n) is 8.49. The van der Waals surface area contributed by atoms with Gasteiger partial charge in [0.15, 0.2) is 0 Å². The predicted molar refractivity (Wildman–Crippen MR) is 112 cm³/mol. The average molecular weight is 445 g/mol. The van der Waals surface area contributed by atoms with Crippen molar-refractivity contribution >= 4 is 33.6 Å². The normalized spacial score (nSPS) is 11.7. The van der Waals surface area contributed by atoms with Crippen molar-refractivity contribution < 1.29 is 9.53 Å². The van der Waals surface area contributed by atoms with Gasteiger partial charge < -0.3 is 9.64 Å². The van der Waals surface area contributed by atoms with Crippen LogP contribution in [0.2, 0.25) is 5.02 Å². The van der Waals surface area contributed by atoms with Crippen molar-refractivity contribution in [1.82, 2.24) is 4.90 Å². The van der Waals surface area contributed by atoms with Crippen LogP contribution in [0.4, 0.5) is 4.79 Å². The first-order valence-corrected chi connectivity index (χ1v) is 9.66. The number of amides is 1. The number of hydrogen-bond acceptors (Lipinski definition) is 2. The number of rotatable bonds is 5. The Labute approximate surface area is 172 Å². The van der Waals surface area contributed by atoms with Crippen LogP contribution in [0.15, 0.2) is 83.3 Å². The van der Waals surface area contributed by atoms with Crippen molar-refractivity contribution in [3.05, 3.63) is 105 Å². The number of ether oxygens (including phenoxy) is 1. The summed E-state index contributed by atoms with van der Waals surface area (Å²) in [6.45, 7) is 0.234. The van der Waals surface area contributed by atoms with Gasteiger partial charge in [-0.05, 0) is 41.0 Å². The molecule has 27 heavy (non-hydrogen) atoms. The van der Waals surface area contributed by atoms with Gasteiger partial charge in [0.25, 0.3) is 0 Å². The van der Waals surface area contributed by atoms with Crippen LogP contribution >= 0.6 is 27.5 Å². The summed E-state index contributed by atoms with van der Waals surface area (Å²) in [5.41, 5.74) is 2.89. The molecule has 0 spiro atoms. The second kappa shape index (κ2) is 9.07. The van der Waals surface area contributed by atoms with Gasteiger partial charge in [-0.15, -0.1) is 0 Å². The molecule has 3 rings (SSSR count). The molecule has 0 aromatic heterocycles. The van der Waals surface area contributed by atoms with E-state index in [1.165, 1.54) is 0 Å². The Morgan fingerprint density at radius 1 is 0.963 bits per heavy atom. The molecular formula is C22H19BrClNO2. The third-order valence-corrected chi connectivity index (χ3v) is 5.03. The van der Waals surface area contributed by atoms with Crippen molar-refractivity contribution in [2.24, 2.45) is 0 Å². The highest BCUT2D eigenvalue weighted by molar-refractivity contribution is 9.10. The van der Waals surface area contributed by atoms with E-state index in [0.29, 0.717) is 5.02 Å². The van der Waals surface area contributed by atoms with Gasteiger partial charge in [0.05, 0.1) is 6.04 Å². The number of halogens is 2. The Hall–Kier alpha value is -2.30. The number of nitrogens with zero attached hydrogens (tertiary/aromatic N) is 1. The van der Waals surface area contributed by atoms with E-state index >= 15 is 0 Å². The van der Waals surface area contributed by atoms with Crippen LogP contribution in [0, 0.1) is 0 Å². The van der Waals surface area contributed by atoms with Gasteiger partial charge in [-0.2, -0.15) is 0 Å². The van der Waals surface area contributed by atoms with Gasteiger partial charge in [-0.1, -0.05) is 82.1 Å². The van der Waals surface area contributed by atoms with Crippen LogP contribution < -0.4 is 0 Å². The molecule has 5 heteroatoms. The van der Waals surface area contributed by atoms with Crippen molar-refractivity contribution in [2.45, 2.75) is 12.6 Å². The first-order chi connectivity index (χ1) is 13.0. The van der Waals surface area contributed by atoms with Gasteiger partial charge in [0.2, 0.25) is 0 Å². The maximum atomic E-state index is 12.7. The molecule has 0 saturated heterocycles. The molecule has 0 aliphatic carbocycles. The molecule has 0 aliphatic rings. The molecule has 1 unspecified atom stereocenters. The number of benzene rings is 3. The van der Waals surface area contributed by atoms with Gasteiger partial charge in [-0.25, -0.2) is 4.79 Å². The van der Waals surface area contributed by atoms with Crippen molar-refractivity contribution in [1.29, 1.82) is 0 Å². The van der Waals surface area contributed by atoms with E-state index < -0.39 is 0 Å². The largest absolute Gasteiger partial charge is 0.445 e. The Morgan fingerprint density at radius 2 is 1.52 bits per heavy atom. The van der Waals surface area contributed by atoms with Crippen LogP contribution in [0.1, 0.15) is 22.7 Å².